The van der Waals surface area contributed by atoms with Gasteiger partial charge in [-0.05, 0) is 25.3 Å². The third-order valence-electron chi connectivity index (χ3n) is 4.06. The van der Waals surface area contributed by atoms with Gasteiger partial charge in [0, 0.05) is 23.6 Å². The molecule has 1 saturated carbocycles. The molecule has 10 heteroatoms. The normalized spacial score (nSPS) is 19.6. The summed E-state index contributed by atoms with van der Waals surface area (Å²) in [4.78, 5) is 27.9. The molecule has 1 aliphatic rings. The van der Waals surface area contributed by atoms with Crippen LogP contribution in [0.2, 0.25) is 5.02 Å². The Morgan fingerprint density at radius 3 is 2.88 bits per heavy atom. The van der Waals surface area contributed by atoms with Crippen LogP contribution < -0.4 is 16.1 Å². The second-order valence-electron chi connectivity index (χ2n) is 5.92. The number of anilines is 1. The largest absolute Gasteiger partial charge is 0.490 e. The molecule has 0 saturated heterocycles. The minimum absolute atomic E-state index is 0.0530. The quantitative estimate of drug-likeness (QED) is 0.541. The van der Waals surface area contributed by atoms with Crippen molar-refractivity contribution >= 4 is 41.8 Å². The fraction of sp³-hybridized carbons (Fsp3) is 0.467. The van der Waals surface area contributed by atoms with Gasteiger partial charge >= 0.3 is 7.12 Å². The maximum absolute atomic E-state index is 12.4. The molecule has 0 radical (unpaired) electrons. The SMILES string of the molecule is N#CCC(=O)N[C@@H]1CCC[C@H](C(=O)Nc2cc(B(O)O)c(Cl)cn2)C1. The van der Waals surface area contributed by atoms with Crippen molar-refractivity contribution in [2.24, 2.45) is 5.92 Å². The van der Waals surface area contributed by atoms with Crippen molar-refractivity contribution < 1.29 is 19.6 Å². The number of carbonyl (C=O) groups excluding carboxylic acids is 2. The van der Waals surface area contributed by atoms with E-state index in [-0.39, 0.29) is 46.5 Å². The summed E-state index contributed by atoms with van der Waals surface area (Å²) in [5.41, 5.74) is 0.0530. The van der Waals surface area contributed by atoms with Gasteiger partial charge in [0.2, 0.25) is 11.8 Å². The number of pyridine rings is 1. The van der Waals surface area contributed by atoms with E-state index in [1.807, 2.05) is 0 Å². The van der Waals surface area contributed by atoms with Gasteiger partial charge in [0.25, 0.3) is 0 Å². The molecule has 0 bridgehead atoms. The lowest BCUT2D eigenvalue weighted by Gasteiger charge is -2.28. The molecule has 132 valence electrons. The highest BCUT2D eigenvalue weighted by Gasteiger charge is 2.28. The van der Waals surface area contributed by atoms with E-state index in [1.54, 1.807) is 6.07 Å². The van der Waals surface area contributed by atoms with Crippen LogP contribution in [0.25, 0.3) is 0 Å². The first-order valence-corrected chi connectivity index (χ1v) is 8.27. The summed E-state index contributed by atoms with van der Waals surface area (Å²) in [7, 11) is -1.76. The van der Waals surface area contributed by atoms with Crippen molar-refractivity contribution in [3.63, 3.8) is 0 Å². The van der Waals surface area contributed by atoms with Crippen molar-refractivity contribution in [1.82, 2.24) is 10.3 Å². The van der Waals surface area contributed by atoms with Gasteiger partial charge in [-0.3, -0.25) is 9.59 Å². The monoisotopic (exact) mass is 364 g/mol. The molecule has 0 spiro atoms. The lowest BCUT2D eigenvalue weighted by atomic mass is 9.81. The molecule has 2 amide bonds. The molecule has 1 aromatic heterocycles. The lowest BCUT2D eigenvalue weighted by molar-refractivity contribution is -0.124. The van der Waals surface area contributed by atoms with Gasteiger partial charge in [-0.15, -0.1) is 0 Å². The average Bonchev–Trinajstić information content (AvgIpc) is 2.56. The molecule has 2 atom stereocenters. The molecule has 1 aliphatic carbocycles. The van der Waals surface area contributed by atoms with Crippen molar-refractivity contribution in [2.75, 3.05) is 5.32 Å². The molecule has 0 aromatic carbocycles. The Morgan fingerprint density at radius 1 is 1.44 bits per heavy atom. The fourth-order valence-corrected chi connectivity index (χ4v) is 3.06. The number of nitriles is 1. The Labute approximate surface area is 150 Å². The topological polar surface area (TPSA) is 135 Å². The number of aromatic nitrogens is 1. The first-order valence-electron chi connectivity index (χ1n) is 7.89. The van der Waals surface area contributed by atoms with Crippen LogP contribution in [0.4, 0.5) is 5.82 Å². The number of amides is 2. The third-order valence-corrected chi connectivity index (χ3v) is 4.38. The highest BCUT2D eigenvalue weighted by atomic mass is 35.5. The number of halogens is 1. The van der Waals surface area contributed by atoms with E-state index in [4.69, 9.17) is 16.9 Å². The highest BCUT2D eigenvalue weighted by Crippen LogP contribution is 2.25. The zero-order valence-electron chi connectivity index (χ0n) is 13.4. The minimum Gasteiger partial charge on any atom is -0.423 e. The van der Waals surface area contributed by atoms with Crippen LogP contribution >= 0.6 is 11.6 Å². The summed E-state index contributed by atoms with van der Waals surface area (Å²) in [6.45, 7) is 0. The van der Waals surface area contributed by atoms with Crippen molar-refractivity contribution in [1.29, 1.82) is 5.26 Å². The highest BCUT2D eigenvalue weighted by molar-refractivity contribution is 6.62. The van der Waals surface area contributed by atoms with Crippen molar-refractivity contribution in [2.45, 2.75) is 38.1 Å². The maximum atomic E-state index is 12.4. The summed E-state index contributed by atoms with van der Waals surface area (Å²) < 4.78 is 0. The molecule has 1 aromatic rings. The van der Waals surface area contributed by atoms with E-state index in [9.17, 15) is 19.6 Å². The van der Waals surface area contributed by atoms with Crippen LogP contribution in [0.3, 0.4) is 0 Å². The number of nitrogens with zero attached hydrogens (tertiary/aromatic N) is 2. The number of carbonyl (C=O) groups is 2. The molecule has 1 fully saturated rings. The first-order chi connectivity index (χ1) is 11.9. The van der Waals surface area contributed by atoms with Gasteiger partial charge < -0.3 is 20.7 Å². The van der Waals surface area contributed by atoms with Crippen LogP contribution in [0.1, 0.15) is 32.1 Å². The van der Waals surface area contributed by atoms with Gasteiger partial charge in [0.05, 0.1) is 11.1 Å². The van der Waals surface area contributed by atoms with E-state index >= 15 is 0 Å². The number of rotatable bonds is 5. The van der Waals surface area contributed by atoms with Crippen molar-refractivity contribution in [3.05, 3.63) is 17.3 Å². The van der Waals surface area contributed by atoms with Gasteiger partial charge in [-0.25, -0.2) is 4.98 Å². The zero-order valence-corrected chi connectivity index (χ0v) is 14.2. The van der Waals surface area contributed by atoms with Crippen LogP contribution in [0, 0.1) is 17.2 Å². The second-order valence-corrected chi connectivity index (χ2v) is 6.32. The average molecular weight is 365 g/mol. The lowest BCUT2D eigenvalue weighted by Crippen LogP contribution is -2.41. The summed E-state index contributed by atoms with van der Waals surface area (Å²) in [6, 6.07) is 2.96. The van der Waals surface area contributed by atoms with E-state index in [1.165, 1.54) is 12.3 Å². The van der Waals surface area contributed by atoms with Crippen LogP contribution in [-0.4, -0.2) is 40.0 Å². The molecule has 8 nitrogen and oxygen atoms in total. The fourth-order valence-electron chi connectivity index (χ4n) is 2.86. The number of hydrogen-bond acceptors (Lipinski definition) is 6. The van der Waals surface area contributed by atoms with Crippen LogP contribution in [-0.2, 0) is 9.59 Å². The van der Waals surface area contributed by atoms with E-state index in [2.05, 4.69) is 15.6 Å². The van der Waals surface area contributed by atoms with E-state index in [0.29, 0.717) is 12.8 Å². The van der Waals surface area contributed by atoms with Gasteiger partial charge in [-0.1, -0.05) is 18.0 Å². The summed E-state index contributed by atoms with van der Waals surface area (Å²) >= 11 is 5.81. The van der Waals surface area contributed by atoms with Crippen molar-refractivity contribution in [3.8, 4) is 6.07 Å². The molecule has 1 heterocycles. The standard InChI is InChI=1S/C15H18BClN4O4/c17-12-8-19-13(7-11(12)16(24)25)21-15(23)9-2-1-3-10(6-9)20-14(22)4-5-18/h7-10,24-25H,1-4,6H2,(H,20,22)(H,19,21,23)/t9-,10+/m0/s1. The smallest absolute Gasteiger partial charge is 0.423 e. The Hall–Kier alpha value is -2.15. The Kier molecular flexibility index (Phi) is 6.76. The Morgan fingerprint density at radius 2 is 2.20 bits per heavy atom. The van der Waals surface area contributed by atoms with Gasteiger partial charge in [0.1, 0.15) is 12.2 Å². The minimum atomic E-state index is -1.76. The van der Waals surface area contributed by atoms with Crippen LogP contribution in [0.15, 0.2) is 12.3 Å². The zero-order chi connectivity index (χ0) is 18.4. The number of hydrogen-bond donors (Lipinski definition) is 4. The predicted molar refractivity (Wildman–Crippen MR) is 91.8 cm³/mol. The molecule has 0 unspecified atom stereocenters. The maximum Gasteiger partial charge on any atom is 0.490 e. The molecular weight excluding hydrogens is 346 g/mol. The second kappa shape index (κ2) is 8.81. The molecule has 4 N–H and O–H groups in total. The molecule has 2 rings (SSSR count). The molecular formula is C15H18BClN4O4. The van der Waals surface area contributed by atoms with Crippen LogP contribution in [0.5, 0.6) is 0 Å². The predicted octanol–water partition coefficient (Wildman–Crippen LogP) is -0.0580. The summed E-state index contributed by atoms with van der Waals surface area (Å²) in [5, 5.41) is 32.5. The third kappa shape index (κ3) is 5.42. The van der Waals surface area contributed by atoms with E-state index < -0.39 is 7.12 Å². The summed E-state index contributed by atoms with van der Waals surface area (Å²) in [6.07, 6.45) is 3.74. The van der Waals surface area contributed by atoms with Gasteiger partial charge in [-0.2, -0.15) is 5.26 Å². The Bertz CT molecular complexity index is 695. The van der Waals surface area contributed by atoms with E-state index in [0.717, 1.165) is 12.8 Å². The molecule has 25 heavy (non-hydrogen) atoms. The Balaban J connectivity index is 1.97. The first kappa shape index (κ1) is 19.2. The molecule has 0 aliphatic heterocycles. The number of nitrogens with one attached hydrogen (secondary N) is 2. The summed E-state index contributed by atoms with van der Waals surface area (Å²) in [5.74, 6) is -0.726. The van der Waals surface area contributed by atoms with Gasteiger partial charge in [0.15, 0.2) is 0 Å².